The minimum Gasteiger partial charge on any atom is -0.493 e. The Balaban J connectivity index is 1.45. The van der Waals surface area contributed by atoms with Crippen LogP contribution in [-0.4, -0.2) is 29.1 Å². The number of halogens is 3. The molecule has 0 aromatic heterocycles. The molecule has 9 heteroatoms. The van der Waals surface area contributed by atoms with E-state index in [1.165, 1.54) is 0 Å². The number of rotatable bonds is 7. The number of benzene rings is 3. The van der Waals surface area contributed by atoms with E-state index < -0.39 is 17.4 Å². The summed E-state index contributed by atoms with van der Waals surface area (Å²) in [6.45, 7) is 2.11. The van der Waals surface area contributed by atoms with Gasteiger partial charge in [-0.2, -0.15) is 0 Å². The fourth-order valence-corrected chi connectivity index (χ4v) is 4.47. The summed E-state index contributed by atoms with van der Waals surface area (Å²) in [5.74, 6) is -0.635. The number of aliphatic carboxylic acids is 1. The van der Waals surface area contributed by atoms with Gasteiger partial charge in [0.15, 0.2) is 0 Å². The van der Waals surface area contributed by atoms with Crippen LogP contribution in [0.3, 0.4) is 0 Å². The number of nitrogens with one attached hydrogen (secondary N) is 1. The number of hydrogen-bond acceptors (Lipinski definition) is 4. The van der Waals surface area contributed by atoms with E-state index in [0.29, 0.717) is 58.4 Å². The Kier molecular flexibility index (Phi) is 7.75. The van der Waals surface area contributed by atoms with Crippen molar-refractivity contribution < 1.29 is 24.2 Å². The molecule has 0 saturated carbocycles. The first-order valence-electron chi connectivity index (χ1n) is 10.9. The predicted octanol–water partition coefficient (Wildman–Crippen LogP) is 6.58. The Morgan fingerprint density at radius 2 is 1.86 bits per heavy atom. The number of alkyl halides is 1. The normalized spacial score (nSPS) is 15.5. The van der Waals surface area contributed by atoms with E-state index in [4.69, 9.17) is 44.3 Å². The summed E-state index contributed by atoms with van der Waals surface area (Å²) in [5, 5.41) is 13.1. The zero-order chi connectivity index (χ0) is 25.1. The number of carboxylic acids is 1. The van der Waals surface area contributed by atoms with Gasteiger partial charge in [-0.1, -0.05) is 46.9 Å². The molecule has 0 saturated heterocycles. The first-order valence-corrected chi connectivity index (χ1v) is 12.1. The molecule has 0 aliphatic carbocycles. The first kappa shape index (κ1) is 25.2. The number of ether oxygens (including phenoxy) is 2. The van der Waals surface area contributed by atoms with Gasteiger partial charge in [0.05, 0.1) is 17.5 Å². The Bertz CT molecular complexity index is 1260. The van der Waals surface area contributed by atoms with Crippen molar-refractivity contribution in [3.05, 3.63) is 86.9 Å². The molecule has 2 atom stereocenters. The molecule has 3 aromatic rings. The van der Waals surface area contributed by atoms with Crippen molar-refractivity contribution in [1.29, 1.82) is 0 Å². The number of amides is 1. The second-order valence-corrected chi connectivity index (χ2v) is 9.57. The number of carbonyl (C=O) groups is 2. The maximum Gasteiger partial charge on any atom is 0.311 e. The topological polar surface area (TPSA) is 84.9 Å². The smallest absolute Gasteiger partial charge is 0.311 e. The highest BCUT2D eigenvalue weighted by molar-refractivity contribution is 6.32. The van der Waals surface area contributed by atoms with Crippen LogP contribution in [0.15, 0.2) is 54.6 Å². The predicted molar refractivity (Wildman–Crippen MR) is 135 cm³/mol. The number of carboxylic acid groups (broad SMARTS) is 1. The largest absolute Gasteiger partial charge is 0.493 e. The van der Waals surface area contributed by atoms with Crippen LogP contribution in [0.4, 0.5) is 0 Å². The van der Waals surface area contributed by atoms with Crippen LogP contribution < -0.4 is 14.8 Å². The molecule has 35 heavy (non-hydrogen) atoms. The third-order valence-corrected chi connectivity index (χ3v) is 6.49. The van der Waals surface area contributed by atoms with Crippen LogP contribution in [0.2, 0.25) is 10.0 Å². The minimum atomic E-state index is -0.920. The van der Waals surface area contributed by atoms with Crippen LogP contribution in [0.1, 0.15) is 39.4 Å². The summed E-state index contributed by atoms with van der Waals surface area (Å²) in [7, 11) is 0. The van der Waals surface area contributed by atoms with Crippen LogP contribution in [0.5, 0.6) is 17.2 Å². The monoisotopic (exact) mass is 533 g/mol. The van der Waals surface area contributed by atoms with Crippen molar-refractivity contribution in [3.8, 4) is 17.2 Å². The van der Waals surface area contributed by atoms with Gasteiger partial charge in [0.1, 0.15) is 22.7 Å². The lowest BCUT2D eigenvalue weighted by Crippen LogP contribution is -2.32. The van der Waals surface area contributed by atoms with E-state index in [1.807, 2.05) is 12.1 Å². The first-order chi connectivity index (χ1) is 16.7. The SMILES string of the molecule is Cc1cc(C(=O)NC(Cl)Cc2ccc(Cl)cc2)ccc1Oc1cc2c(cc1Cl)C(C(=O)O)CCO2. The third kappa shape index (κ3) is 6.01. The lowest BCUT2D eigenvalue weighted by atomic mass is 9.93. The highest BCUT2D eigenvalue weighted by Gasteiger charge is 2.29. The standard InChI is InChI=1S/C26H22Cl3NO5/c1-14-10-16(25(31)30-24(29)11-15-2-5-17(27)6-3-15)4-7-21(14)35-23-13-22-19(12-20(23)28)18(26(32)33)8-9-34-22/h2-7,10,12-13,18,24H,8-9,11H2,1H3,(H,30,31)(H,32,33). The van der Waals surface area contributed by atoms with Crippen LogP contribution >= 0.6 is 34.8 Å². The molecule has 2 N–H and O–H groups in total. The Morgan fingerprint density at radius 1 is 1.11 bits per heavy atom. The quantitative estimate of drug-likeness (QED) is 0.264. The molecule has 0 bridgehead atoms. The van der Waals surface area contributed by atoms with Crippen molar-refractivity contribution in [2.45, 2.75) is 31.2 Å². The lowest BCUT2D eigenvalue weighted by Gasteiger charge is -2.24. The van der Waals surface area contributed by atoms with Gasteiger partial charge in [0.25, 0.3) is 5.91 Å². The third-order valence-electron chi connectivity index (χ3n) is 5.67. The Hall–Kier alpha value is -2.93. The summed E-state index contributed by atoms with van der Waals surface area (Å²) in [6, 6.07) is 15.4. The van der Waals surface area contributed by atoms with Crippen LogP contribution in [0, 0.1) is 6.92 Å². The zero-order valence-electron chi connectivity index (χ0n) is 18.7. The van der Waals surface area contributed by atoms with E-state index in [0.717, 1.165) is 5.56 Å². The van der Waals surface area contributed by atoms with Gasteiger partial charge in [0, 0.05) is 28.6 Å². The molecule has 0 radical (unpaired) electrons. The second kappa shape index (κ2) is 10.8. The van der Waals surface area contributed by atoms with Crippen molar-refractivity contribution in [1.82, 2.24) is 5.32 Å². The molecule has 3 aromatic carbocycles. The van der Waals surface area contributed by atoms with Crippen molar-refractivity contribution in [3.63, 3.8) is 0 Å². The highest BCUT2D eigenvalue weighted by atomic mass is 35.5. The summed E-state index contributed by atoms with van der Waals surface area (Å²) in [5.41, 5.74) is 2.03. The average Bonchev–Trinajstić information content (AvgIpc) is 2.81. The highest BCUT2D eigenvalue weighted by Crippen LogP contribution is 2.42. The van der Waals surface area contributed by atoms with E-state index in [-0.39, 0.29) is 10.9 Å². The fourth-order valence-electron chi connectivity index (χ4n) is 3.85. The van der Waals surface area contributed by atoms with Gasteiger partial charge in [-0.05, 0) is 60.9 Å². The van der Waals surface area contributed by atoms with Gasteiger partial charge in [0.2, 0.25) is 0 Å². The van der Waals surface area contributed by atoms with E-state index in [9.17, 15) is 14.7 Å². The lowest BCUT2D eigenvalue weighted by molar-refractivity contribution is -0.139. The number of fused-ring (bicyclic) bond motifs is 1. The average molecular weight is 535 g/mol. The summed E-state index contributed by atoms with van der Waals surface area (Å²) in [6.07, 6.45) is 0.830. The number of carbonyl (C=O) groups excluding carboxylic acids is 1. The molecule has 1 heterocycles. The van der Waals surface area contributed by atoms with Gasteiger partial charge in [-0.25, -0.2) is 0 Å². The molecule has 2 unspecified atom stereocenters. The summed E-state index contributed by atoms with van der Waals surface area (Å²) < 4.78 is 11.6. The molecule has 1 aliphatic rings. The fraction of sp³-hybridized carbons (Fsp3) is 0.231. The second-order valence-electron chi connectivity index (χ2n) is 8.20. The number of hydrogen-bond donors (Lipinski definition) is 2. The summed E-state index contributed by atoms with van der Waals surface area (Å²) in [4.78, 5) is 24.2. The van der Waals surface area contributed by atoms with Gasteiger partial charge in [-0.3, -0.25) is 9.59 Å². The number of aryl methyl sites for hydroxylation is 1. The molecule has 0 fully saturated rings. The molecule has 0 spiro atoms. The molecular weight excluding hydrogens is 513 g/mol. The Labute approximate surface area is 217 Å². The van der Waals surface area contributed by atoms with Crippen LogP contribution in [-0.2, 0) is 11.2 Å². The minimum absolute atomic E-state index is 0.272. The molecule has 6 nitrogen and oxygen atoms in total. The van der Waals surface area contributed by atoms with E-state index >= 15 is 0 Å². The van der Waals surface area contributed by atoms with Crippen molar-refractivity contribution >= 4 is 46.7 Å². The molecule has 182 valence electrons. The van der Waals surface area contributed by atoms with Crippen LogP contribution in [0.25, 0.3) is 0 Å². The maximum atomic E-state index is 12.7. The van der Waals surface area contributed by atoms with E-state index in [1.54, 1.807) is 49.4 Å². The zero-order valence-corrected chi connectivity index (χ0v) is 21.0. The maximum absolute atomic E-state index is 12.7. The molecule has 1 aliphatic heterocycles. The summed E-state index contributed by atoms with van der Waals surface area (Å²) >= 11 is 18.6. The molecular formula is C26H22Cl3NO5. The molecule has 1 amide bonds. The van der Waals surface area contributed by atoms with Gasteiger partial charge < -0.3 is 19.9 Å². The molecule has 4 rings (SSSR count). The van der Waals surface area contributed by atoms with Crippen molar-refractivity contribution in [2.24, 2.45) is 0 Å². The van der Waals surface area contributed by atoms with Crippen molar-refractivity contribution in [2.75, 3.05) is 6.61 Å². The van der Waals surface area contributed by atoms with E-state index in [2.05, 4.69) is 5.32 Å². The van der Waals surface area contributed by atoms with Gasteiger partial charge >= 0.3 is 5.97 Å². The van der Waals surface area contributed by atoms with Gasteiger partial charge in [-0.15, -0.1) is 0 Å². The Morgan fingerprint density at radius 3 is 2.54 bits per heavy atom.